The summed E-state index contributed by atoms with van der Waals surface area (Å²) < 4.78 is 7.94. The Bertz CT molecular complexity index is 1130. The van der Waals surface area contributed by atoms with Crippen molar-refractivity contribution in [3.8, 4) is 33.8 Å². The Morgan fingerprint density at radius 2 is 1.96 bits per heavy atom. The van der Waals surface area contributed by atoms with Gasteiger partial charge in [-0.1, -0.05) is 35.0 Å². The van der Waals surface area contributed by atoms with E-state index < -0.39 is 0 Å². The fraction of sp³-hybridized carbons (Fsp3) is 0.238. The first kappa shape index (κ1) is 17.1. The predicted octanol–water partition coefficient (Wildman–Crippen LogP) is 5.35. The monoisotopic (exact) mass is 391 g/mol. The van der Waals surface area contributed by atoms with E-state index in [2.05, 4.69) is 31.8 Å². The van der Waals surface area contributed by atoms with Gasteiger partial charge in [0, 0.05) is 23.7 Å². The zero-order valence-corrected chi connectivity index (χ0v) is 16.1. The van der Waals surface area contributed by atoms with Crippen LogP contribution in [0.15, 0.2) is 53.6 Å². The molecule has 1 fully saturated rings. The molecule has 140 valence electrons. The normalized spacial score (nSPS) is 14.2. The van der Waals surface area contributed by atoms with E-state index in [9.17, 15) is 0 Å². The van der Waals surface area contributed by atoms with Gasteiger partial charge in [-0.05, 0) is 32.3 Å². The van der Waals surface area contributed by atoms with Crippen molar-refractivity contribution >= 4 is 11.6 Å². The molecule has 1 aliphatic carbocycles. The number of halogens is 1. The van der Waals surface area contributed by atoms with Gasteiger partial charge in [0.1, 0.15) is 5.69 Å². The quantitative estimate of drug-likeness (QED) is 0.469. The van der Waals surface area contributed by atoms with Crippen LogP contribution >= 0.6 is 11.6 Å². The summed E-state index contributed by atoms with van der Waals surface area (Å²) in [6.07, 6.45) is 10.5. The smallest absolute Gasteiger partial charge is 0.180 e. The molecule has 0 radical (unpaired) electrons. The molecule has 1 aromatic carbocycles. The van der Waals surface area contributed by atoms with Crippen LogP contribution in [0.25, 0.3) is 33.8 Å². The van der Waals surface area contributed by atoms with Crippen LogP contribution in [-0.2, 0) is 0 Å². The van der Waals surface area contributed by atoms with E-state index in [0.717, 1.165) is 22.4 Å². The molecule has 5 rings (SSSR count). The third kappa shape index (κ3) is 2.72. The Hall–Kier alpha value is -2.99. The SMILES string of the molecule is Cc1c(-c2onc(-c3ccccc3Cl)c2-c2cnccn2)cnn1C1CCC1. The van der Waals surface area contributed by atoms with Gasteiger partial charge in [0.15, 0.2) is 5.76 Å². The lowest BCUT2D eigenvalue weighted by Gasteiger charge is -2.26. The number of rotatable bonds is 4. The molecule has 0 amide bonds. The molecule has 3 heterocycles. The van der Waals surface area contributed by atoms with Crippen molar-refractivity contribution < 1.29 is 4.52 Å². The second kappa shape index (κ2) is 6.87. The van der Waals surface area contributed by atoms with Crippen LogP contribution in [-0.4, -0.2) is 24.9 Å². The van der Waals surface area contributed by atoms with Crippen LogP contribution in [0.2, 0.25) is 5.02 Å². The summed E-state index contributed by atoms with van der Waals surface area (Å²) in [5.41, 5.74) is 4.89. The fourth-order valence-corrected chi connectivity index (χ4v) is 3.85. The number of aromatic nitrogens is 5. The van der Waals surface area contributed by atoms with Crippen molar-refractivity contribution in [2.75, 3.05) is 0 Å². The van der Waals surface area contributed by atoms with Gasteiger partial charge in [-0.25, -0.2) is 0 Å². The first-order chi connectivity index (χ1) is 13.7. The Balaban J connectivity index is 1.71. The van der Waals surface area contributed by atoms with E-state index in [0.29, 0.717) is 28.2 Å². The van der Waals surface area contributed by atoms with Crippen LogP contribution in [0.4, 0.5) is 0 Å². The van der Waals surface area contributed by atoms with Crippen molar-refractivity contribution in [2.24, 2.45) is 0 Å². The molecule has 4 aromatic rings. The molecule has 0 bridgehead atoms. The molecular formula is C21H18ClN5O. The largest absolute Gasteiger partial charge is 0.355 e. The summed E-state index contributed by atoms with van der Waals surface area (Å²) in [4.78, 5) is 8.71. The van der Waals surface area contributed by atoms with Gasteiger partial charge >= 0.3 is 0 Å². The summed E-state index contributed by atoms with van der Waals surface area (Å²) in [7, 11) is 0. The lowest BCUT2D eigenvalue weighted by molar-refractivity contribution is 0.285. The molecule has 0 unspecified atom stereocenters. The lowest BCUT2D eigenvalue weighted by atomic mass is 9.93. The maximum absolute atomic E-state index is 6.44. The molecule has 1 aliphatic rings. The van der Waals surface area contributed by atoms with Crippen LogP contribution in [0.5, 0.6) is 0 Å². The van der Waals surface area contributed by atoms with Crippen LogP contribution in [0, 0.1) is 6.92 Å². The first-order valence-electron chi connectivity index (χ1n) is 9.29. The van der Waals surface area contributed by atoms with Gasteiger partial charge in [-0.2, -0.15) is 5.10 Å². The highest BCUT2D eigenvalue weighted by Gasteiger charge is 2.28. The van der Waals surface area contributed by atoms with Crippen molar-refractivity contribution in [2.45, 2.75) is 32.2 Å². The van der Waals surface area contributed by atoms with Crippen molar-refractivity contribution in [3.63, 3.8) is 0 Å². The predicted molar refractivity (Wildman–Crippen MR) is 107 cm³/mol. The van der Waals surface area contributed by atoms with Crippen LogP contribution in [0.3, 0.4) is 0 Å². The van der Waals surface area contributed by atoms with E-state index in [1.807, 2.05) is 30.5 Å². The maximum atomic E-state index is 6.44. The summed E-state index contributed by atoms with van der Waals surface area (Å²) in [6, 6.07) is 8.05. The van der Waals surface area contributed by atoms with Gasteiger partial charge in [0.05, 0.1) is 40.3 Å². The van der Waals surface area contributed by atoms with Gasteiger partial charge in [-0.15, -0.1) is 0 Å². The summed E-state index contributed by atoms with van der Waals surface area (Å²) in [6.45, 7) is 2.07. The first-order valence-corrected chi connectivity index (χ1v) is 9.67. The van der Waals surface area contributed by atoms with Gasteiger partial charge in [-0.3, -0.25) is 14.6 Å². The molecule has 7 heteroatoms. The zero-order valence-electron chi connectivity index (χ0n) is 15.3. The molecule has 28 heavy (non-hydrogen) atoms. The molecule has 0 atom stereocenters. The topological polar surface area (TPSA) is 69.6 Å². The number of benzene rings is 1. The highest BCUT2D eigenvalue weighted by molar-refractivity contribution is 6.33. The standard InChI is InChI=1S/C21H18ClN5O/c1-13-16(11-25-27(13)14-5-4-6-14)21-19(18-12-23-9-10-24-18)20(26-28-21)15-7-2-3-8-17(15)22/h2-3,7-12,14H,4-6H2,1H3. The Morgan fingerprint density at radius 3 is 2.68 bits per heavy atom. The van der Waals surface area contributed by atoms with Crippen LogP contribution < -0.4 is 0 Å². The molecular weight excluding hydrogens is 374 g/mol. The van der Waals surface area contributed by atoms with Crippen LogP contribution in [0.1, 0.15) is 31.0 Å². The summed E-state index contributed by atoms with van der Waals surface area (Å²) >= 11 is 6.44. The molecule has 6 nitrogen and oxygen atoms in total. The van der Waals surface area contributed by atoms with E-state index >= 15 is 0 Å². The molecule has 3 aromatic heterocycles. The molecule has 0 saturated heterocycles. The molecule has 0 spiro atoms. The summed E-state index contributed by atoms with van der Waals surface area (Å²) in [5, 5.41) is 9.59. The van der Waals surface area contributed by atoms with Gasteiger partial charge in [0.2, 0.25) is 0 Å². The minimum Gasteiger partial charge on any atom is -0.355 e. The van der Waals surface area contributed by atoms with Gasteiger partial charge < -0.3 is 4.52 Å². The van der Waals surface area contributed by atoms with Crippen molar-refractivity contribution in [1.82, 2.24) is 24.9 Å². The fourth-order valence-electron chi connectivity index (χ4n) is 3.62. The second-order valence-electron chi connectivity index (χ2n) is 6.98. The van der Waals surface area contributed by atoms with Crippen molar-refractivity contribution in [3.05, 3.63) is 59.8 Å². The van der Waals surface area contributed by atoms with E-state index in [4.69, 9.17) is 16.1 Å². The second-order valence-corrected chi connectivity index (χ2v) is 7.39. The molecule has 1 saturated carbocycles. The van der Waals surface area contributed by atoms with E-state index in [-0.39, 0.29) is 0 Å². The highest BCUT2D eigenvalue weighted by atomic mass is 35.5. The Kier molecular flexibility index (Phi) is 4.20. The third-order valence-corrected chi connectivity index (χ3v) is 5.68. The lowest BCUT2D eigenvalue weighted by Crippen LogP contribution is -2.19. The number of hydrogen-bond donors (Lipinski definition) is 0. The Morgan fingerprint density at radius 1 is 1.11 bits per heavy atom. The number of nitrogens with zero attached hydrogens (tertiary/aromatic N) is 5. The van der Waals surface area contributed by atoms with Gasteiger partial charge in [0.25, 0.3) is 0 Å². The van der Waals surface area contributed by atoms with E-state index in [1.165, 1.54) is 19.3 Å². The maximum Gasteiger partial charge on any atom is 0.180 e. The number of hydrogen-bond acceptors (Lipinski definition) is 5. The summed E-state index contributed by atoms with van der Waals surface area (Å²) in [5.74, 6) is 0.637. The Labute approximate surface area is 167 Å². The minimum atomic E-state index is 0.472. The van der Waals surface area contributed by atoms with Crippen molar-refractivity contribution in [1.29, 1.82) is 0 Å². The highest BCUT2D eigenvalue weighted by Crippen LogP contribution is 2.42. The third-order valence-electron chi connectivity index (χ3n) is 5.35. The van der Waals surface area contributed by atoms with E-state index in [1.54, 1.807) is 18.6 Å². The zero-order chi connectivity index (χ0) is 19.1. The average Bonchev–Trinajstić information content (AvgIpc) is 3.26. The minimum absolute atomic E-state index is 0.472. The molecule has 0 N–H and O–H groups in total. The average molecular weight is 392 g/mol. The molecule has 0 aliphatic heterocycles.